The third kappa shape index (κ3) is 3.68. The minimum atomic E-state index is 0.642. The number of anilines is 1. The number of pyridine rings is 1. The number of hydrogen-bond acceptors (Lipinski definition) is 3. The molecule has 0 bridgehead atoms. The predicted octanol–water partition coefficient (Wildman–Crippen LogP) is 5.71. The van der Waals surface area contributed by atoms with Crippen LogP contribution < -0.4 is 9.47 Å². The second-order valence-electron chi connectivity index (χ2n) is 7.92. The molecule has 2 heterocycles. The monoisotopic (exact) mass is 406 g/mol. The zero-order valence-corrected chi connectivity index (χ0v) is 17.9. The van der Waals surface area contributed by atoms with Gasteiger partial charge in [-0.2, -0.15) is 0 Å². The molecule has 152 valence electrons. The second kappa shape index (κ2) is 7.73. The van der Waals surface area contributed by atoms with Crippen LogP contribution in [0.1, 0.15) is 11.1 Å². The maximum absolute atomic E-state index is 5.99. The first-order valence-corrected chi connectivity index (χ1v) is 10.3. The molecule has 0 aliphatic rings. The molecule has 4 nitrogen and oxygen atoms in total. The highest BCUT2D eigenvalue weighted by Crippen LogP contribution is 2.28. The molecule has 0 aliphatic heterocycles. The fraction of sp³-hybridized carbons (Fsp3) is 0.111. The van der Waals surface area contributed by atoms with E-state index in [0.717, 1.165) is 33.1 Å². The number of aromatic nitrogens is 2. The van der Waals surface area contributed by atoms with E-state index in [1.165, 1.54) is 11.3 Å². The SMILES string of the molecule is CN(C)c1ccc(/C=C/c2cc[n+](C)c3ccc(-c4nc5ccccc5o4)cc23)cc1. The number of aryl methyl sites for hydroxylation is 1. The quantitative estimate of drug-likeness (QED) is 0.359. The van der Waals surface area contributed by atoms with Crippen molar-refractivity contribution in [3.63, 3.8) is 0 Å². The van der Waals surface area contributed by atoms with E-state index in [4.69, 9.17) is 4.42 Å². The average Bonchev–Trinajstić information content (AvgIpc) is 3.23. The fourth-order valence-corrected chi connectivity index (χ4v) is 3.78. The predicted molar refractivity (Wildman–Crippen MR) is 128 cm³/mol. The average molecular weight is 407 g/mol. The minimum absolute atomic E-state index is 0.642. The summed E-state index contributed by atoms with van der Waals surface area (Å²) in [6.45, 7) is 0. The summed E-state index contributed by atoms with van der Waals surface area (Å²) in [5.74, 6) is 0.642. The van der Waals surface area contributed by atoms with E-state index in [-0.39, 0.29) is 0 Å². The molecule has 0 radical (unpaired) electrons. The molecule has 31 heavy (non-hydrogen) atoms. The van der Waals surface area contributed by atoms with Gasteiger partial charge in [-0.3, -0.25) is 0 Å². The summed E-state index contributed by atoms with van der Waals surface area (Å²) >= 11 is 0. The van der Waals surface area contributed by atoms with Gasteiger partial charge in [-0.1, -0.05) is 36.4 Å². The Morgan fingerprint density at radius 3 is 2.48 bits per heavy atom. The summed E-state index contributed by atoms with van der Waals surface area (Å²) in [6.07, 6.45) is 6.42. The van der Waals surface area contributed by atoms with Gasteiger partial charge >= 0.3 is 0 Å². The smallest absolute Gasteiger partial charge is 0.227 e. The molecular formula is C27H24N3O+. The summed E-state index contributed by atoms with van der Waals surface area (Å²) in [7, 11) is 6.17. The van der Waals surface area contributed by atoms with Crippen LogP contribution in [0, 0.1) is 0 Å². The molecule has 0 fully saturated rings. The number of nitrogens with zero attached hydrogens (tertiary/aromatic N) is 3. The van der Waals surface area contributed by atoms with Gasteiger partial charge in [0.25, 0.3) is 0 Å². The molecule has 0 N–H and O–H groups in total. The largest absolute Gasteiger partial charge is 0.436 e. The number of rotatable bonds is 4. The van der Waals surface area contributed by atoms with E-state index >= 15 is 0 Å². The van der Waals surface area contributed by atoms with Crippen molar-refractivity contribution in [2.75, 3.05) is 19.0 Å². The van der Waals surface area contributed by atoms with Crippen LogP contribution >= 0.6 is 0 Å². The van der Waals surface area contributed by atoms with Crippen LogP contribution in [-0.4, -0.2) is 19.1 Å². The Labute approximate surface area is 181 Å². The number of para-hydroxylation sites is 2. The Morgan fingerprint density at radius 2 is 1.71 bits per heavy atom. The first-order chi connectivity index (χ1) is 15.1. The van der Waals surface area contributed by atoms with Gasteiger partial charge in [-0.05, 0) is 47.5 Å². The van der Waals surface area contributed by atoms with Crippen LogP contribution in [-0.2, 0) is 7.05 Å². The maximum atomic E-state index is 5.99. The lowest BCUT2D eigenvalue weighted by atomic mass is 10.0. The zero-order chi connectivity index (χ0) is 21.4. The van der Waals surface area contributed by atoms with Crippen molar-refractivity contribution in [2.45, 2.75) is 0 Å². The molecule has 0 atom stereocenters. The van der Waals surface area contributed by atoms with Crippen LogP contribution in [0.5, 0.6) is 0 Å². The van der Waals surface area contributed by atoms with Crippen molar-refractivity contribution >= 4 is 39.8 Å². The molecular weight excluding hydrogens is 382 g/mol. The zero-order valence-electron chi connectivity index (χ0n) is 17.9. The van der Waals surface area contributed by atoms with E-state index in [1.54, 1.807) is 0 Å². The van der Waals surface area contributed by atoms with Gasteiger partial charge in [0.05, 0.1) is 5.39 Å². The Balaban J connectivity index is 1.56. The number of fused-ring (bicyclic) bond motifs is 2. The third-order valence-corrected chi connectivity index (χ3v) is 5.57. The third-order valence-electron chi connectivity index (χ3n) is 5.57. The highest BCUT2D eigenvalue weighted by Gasteiger charge is 2.13. The lowest BCUT2D eigenvalue weighted by Crippen LogP contribution is -2.28. The molecule has 0 saturated carbocycles. The Kier molecular flexibility index (Phi) is 4.75. The van der Waals surface area contributed by atoms with E-state index in [1.807, 2.05) is 24.3 Å². The van der Waals surface area contributed by atoms with E-state index < -0.39 is 0 Å². The topological polar surface area (TPSA) is 33.2 Å². The number of oxazole rings is 1. The molecule has 3 aromatic carbocycles. The summed E-state index contributed by atoms with van der Waals surface area (Å²) in [5, 5.41) is 1.16. The van der Waals surface area contributed by atoms with Gasteiger partial charge in [-0.25, -0.2) is 9.55 Å². The molecule has 5 rings (SSSR count). The number of benzene rings is 3. The van der Waals surface area contributed by atoms with E-state index in [2.05, 4.69) is 102 Å². The highest BCUT2D eigenvalue weighted by molar-refractivity contribution is 5.91. The molecule has 0 spiro atoms. The molecule has 0 unspecified atom stereocenters. The van der Waals surface area contributed by atoms with Crippen LogP contribution in [0.4, 0.5) is 5.69 Å². The molecule has 0 aliphatic carbocycles. The van der Waals surface area contributed by atoms with Gasteiger partial charge in [-0.15, -0.1) is 0 Å². The van der Waals surface area contributed by atoms with Crippen molar-refractivity contribution in [3.05, 3.63) is 90.1 Å². The second-order valence-corrected chi connectivity index (χ2v) is 7.92. The van der Waals surface area contributed by atoms with Crippen molar-refractivity contribution in [1.29, 1.82) is 0 Å². The first-order valence-electron chi connectivity index (χ1n) is 10.3. The van der Waals surface area contributed by atoms with Gasteiger partial charge in [0, 0.05) is 37.5 Å². The summed E-state index contributed by atoms with van der Waals surface area (Å²) in [5.41, 5.74) is 7.32. The Hall–Kier alpha value is -3.92. The summed E-state index contributed by atoms with van der Waals surface area (Å²) in [6, 6.07) is 24.9. The van der Waals surface area contributed by atoms with Gasteiger partial charge in [0.1, 0.15) is 12.6 Å². The fourth-order valence-electron chi connectivity index (χ4n) is 3.78. The van der Waals surface area contributed by atoms with Gasteiger partial charge < -0.3 is 9.32 Å². The Morgan fingerprint density at radius 1 is 0.903 bits per heavy atom. The molecule has 0 amide bonds. The molecule has 5 aromatic rings. The normalized spacial score (nSPS) is 11.6. The standard InChI is InChI=1S/C27H24N3O/c1-29(2)22-13-9-19(10-14-22)8-11-20-16-17-30(3)25-15-12-21(18-23(20)25)27-28-24-6-4-5-7-26(24)31-27/h4-18H,1-3H3/q+1. The van der Waals surface area contributed by atoms with Crippen molar-refractivity contribution in [1.82, 2.24) is 4.98 Å². The lowest BCUT2D eigenvalue weighted by molar-refractivity contribution is -0.644. The van der Waals surface area contributed by atoms with Crippen LogP contribution in [0.15, 0.2) is 83.4 Å². The van der Waals surface area contributed by atoms with Crippen LogP contribution in [0.3, 0.4) is 0 Å². The number of hydrogen-bond donors (Lipinski definition) is 0. The molecule has 4 heteroatoms. The van der Waals surface area contributed by atoms with Crippen LogP contribution in [0.2, 0.25) is 0 Å². The van der Waals surface area contributed by atoms with Crippen LogP contribution in [0.25, 0.3) is 45.6 Å². The maximum Gasteiger partial charge on any atom is 0.227 e. The molecule has 0 saturated heterocycles. The van der Waals surface area contributed by atoms with Crippen molar-refractivity contribution in [2.24, 2.45) is 7.05 Å². The van der Waals surface area contributed by atoms with E-state index in [9.17, 15) is 0 Å². The first kappa shape index (κ1) is 19.1. The van der Waals surface area contributed by atoms with Crippen molar-refractivity contribution in [3.8, 4) is 11.5 Å². The summed E-state index contributed by atoms with van der Waals surface area (Å²) in [4.78, 5) is 6.77. The molecule has 2 aromatic heterocycles. The van der Waals surface area contributed by atoms with Crippen molar-refractivity contribution < 1.29 is 8.98 Å². The van der Waals surface area contributed by atoms with Gasteiger partial charge in [0.15, 0.2) is 11.8 Å². The lowest BCUT2D eigenvalue weighted by Gasteiger charge is -2.11. The summed E-state index contributed by atoms with van der Waals surface area (Å²) < 4.78 is 8.13. The highest BCUT2D eigenvalue weighted by atomic mass is 16.3. The van der Waals surface area contributed by atoms with E-state index in [0.29, 0.717) is 5.89 Å². The Bertz CT molecular complexity index is 1380. The minimum Gasteiger partial charge on any atom is -0.436 e. The van der Waals surface area contributed by atoms with Gasteiger partial charge in [0.2, 0.25) is 11.4 Å².